The lowest BCUT2D eigenvalue weighted by Crippen LogP contribution is -2.36. The molecule has 2 rings (SSSR count). The standard InChI is InChI=1S/C16H24N2O3S.ClH/c1-18(16(19)15-5-3-4-13(15)10-17)11-12-6-8-14(9-7-12)22(2,20)21;/h6-9,13,15H,3-5,10-11,17H2,1-2H3;1H/t13-,15-;/m1./s1. The second-order valence-corrected chi connectivity index (χ2v) is 8.16. The minimum Gasteiger partial charge on any atom is -0.341 e. The first-order valence-corrected chi connectivity index (χ1v) is 9.46. The molecule has 0 heterocycles. The SMILES string of the molecule is CN(Cc1ccc(S(C)(=O)=O)cc1)C(=O)[C@@H]1CCC[C@@H]1CN.Cl. The van der Waals surface area contributed by atoms with E-state index in [1.807, 2.05) is 0 Å². The van der Waals surface area contributed by atoms with E-state index < -0.39 is 9.84 Å². The molecule has 130 valence electrons. The monoisotopic (exact) mass is 360 g/mol. The molecular weight excluding hydrogens is 336 g/mol. The van der Waals surface area contributed by atoms with Crippen molar-refractivity contribution in [1.29, 1.82) is 0 Å². The van der Waals surface area contributed by atoms with Crippen molar-refractivity contribution >= 4 is 28.2 Å². The smallest absolute Gasteiger partial charge is 0.226 e. The van der Waals surface area contributed by atoms with Gasteiger partial charge in [-0.3, -0.25) is 4.79 Å². The van der Waals surface area contributed by atoms with Crippen molar-refractivity contribution in [2.75, 3.05) is 19.8 Å². The molecule has 0 aliphatic heterocycles. The summed E-state index contributed by atoms with van der Waals surface area (Å²) in [7, 11) is -1.39. The Morgan fingerprint density at radius 3 is 2.39 bits per heavy atom. The van der Waals surface area contributed by atoms with Crippen LogP contribution in [0.3, 0.4) is 0 Å². The van der Waals surface area contributed by atoms with Gasteiger partial charge in [-0.15, -0.1) is 12.4 Å². The van der Waals surface area contributed by atoms with Gasteiger partial charge < -0.3 is 10.6 Å². The van der Waals surface area contributed by atoms with Crippen LogP contribution in [0.5, 0.6) is 0 Å². The lowest BCUT2D eigenvalue weighted by Gasteiger charge is -2.24. The molecule has 1 aliphatic carbocycles. The summed E-state index contributed by atoms with van der Waals surface area (Å²) in [5.41, 5.74) is 6.67. The van der Waals surface area contributed by atoms with E-state index in [0.29, 0.717) is 23.9 Å². The molecule has 1 aromatic rings. The van der Waals surface area contributed by atoms with E-state index in [1.165, 1.54) is 6.26 Å². The van der Waals surface area contributed by atoms with Gasteiger partial charge >= 0.3 is 0 Å². The number of carbonyl (C=O) groups is 1. The van der Waals surface area contributed by atoms with E-state index in [-0.39, 0.29) is 24.2 Å². The van der Waals surface area contributed by atoms with Crippen molar-refractivity contribution in [2.24, 2.45) is 17.6 Å². The number of nitrogens with zero attached hydrogens (tertiary/aromatic N) is 1. The van der Waals surface area contributed by atoms with Crippen molar-refractivity contribution in [3.8, 4) is 0 Å². The maximum absolute atomic E-state index is 12.5. The average Bonchev–Trinajstić information content (AvgIpc) is 2.94. The molecule has 1 aliphatic rings. The zero-order chi connectivity index (χ0) is 16.3. The zero-order valence-corrected chi connectivity index (χ0v) is 15.2. The number of halogens is 1. The van der Waals surface area contributed by atoms with E-state index in [2.05, 4.69) is 0 Å². The molecule has 1 saturated carbocycles. The lowest BCUT2D eigenvalue weighted by atomic mass is 9.95. The van der Waals surface area contributed by atoms with Gasteiger partial charge in [-0.1, -0.05) is 18.6 Å². The van der Waals surface area contributed by atoms with Crippen molar-refractivity contribution < 1.29 is 13.2 Å². The first kappa shape index (κ1) is 19.9. The van der Waals surface area contributed by atoms with Crippen LogP contribution in [-0.4, -0.2) is 39.1 Å². The van der Waals surface area contributed by atoms with Gasteiger partial charge in [0.2, 0.25) is 5.91 Å². The van der Waals surface area contributed by atoms with Crippen LogP contribution in [0.4, 0.5) is 0 Å². The van der Waals surface area contributed by atoms with Crippen LogP contribution in [-0.2, 0) is 21.2 Å². The number of amides is 1. The van der Waals surface area contributed by atoms with E-state index in [0.717, 1.165) is 24.8 Å². The van der Waals surface area contributed by atoms with E-state index in [9.17, 15) is 13.2 Å². The first-order chi connectivity index (χ1) is 10.3. The molecule has 0 radical (unpaired) electrons. The highest BCUT2D eigenvalue weighted by Crippen LogP contribution is 2.32. The highest BCUT2D eigenvalue weighted by molar-refractivity contribution is 7.90. The van der Waals surface area contributed by atoms with Gasteiger partial charge in [0, 0.05) is 25.8 Å². The normalized spacial score (nSPS) is 20.8. The van der Waals surface area contributed by atoms with Crippen LogP contribution < -0.4 is 5.73 Å². The number of hydrogen-bond donors (Lipinski definition) is 1. The van der Waals surface area contributed by atoms with Crippen LogP contribution in [0.15, 0.2) is 29.2 Å². The molecule has 0 spiro atoms. The highest BCUT2D eigenvalue weighted by Gasteiger charge is 2.33. The third-order valence-electron chi connectivity index (χ3n) is 4.43. The Labute approximate surface area is 144 Å². The molecule has 5 nitrogen and oxygen atoms in total. The minimum atomic E-state index is -3.18. The maximum Gasteiger partial charge on any atom is 0.226 e. The topological polar surface area (TPSA) is 80.5 Å². The largest absolute Gasteiger partial charge is 0.341 e. The lowest BCUT2D eigenvalue weighted by molar-refractivity contribution is -0.135. The Morgan fingerprint density at radius 2 is 1.87 bits per heavy atom. The molecule has 2 N–H and O–H groups in total. The molecule has 2 atom stereocenters. The fourth-order valence-electron chi connectivity index (χ4n) is 3.12. The fraction of sp³-hybridized carbons (Fsp3) is 0.562. The second-order valence-electron chi connectivity index (χ2n) is 6.14. The predicted octanol–water partition coefficient (Wildman–Crippen LogP) is 1.85. The van der Waals surface area contributed by atoms with Crippen molar-refractivity contribution in [1.82, 2.24) is 4.90 Å². The number of hydrogen-bond acceptors (Lipinski definition) is 4. The summed E-state index contributed by atoms with van der Waals surface area (Å²) in [4.78, 5) is 14.5. The van der Waals surface area contributed by atoms with Crippen LogP contribution in [0.25, 0.3) is 0 Å². The summed E-state index contributed by atoms with van der Waals surface area (Å²) >= 11 is 0. The molecule has 1 aromatic carbocycles. The summed E-state index contributed by atoms with van der Waals surface area (Å²) in [6.07, 6.45) is 4.20. The molecule has 1 amide bonds. The molecule has 0 aromatic heterocycles. The van der Waals surface area contributed by atoms with Gasteiger partial charge in [0.15, 0.2) is 9.84 Å². The second kappa shape index (κ2) is 8.13. The van der Waals surface area contributed by atoms with E-state index in [1.54, 1.807) is 36.2 Å². The van der Waals surface area contributed by atoms with Crippen LogP contribution in [0.1, 0.15) is 24.8 Å². The predicted molar refractivity (Wildman–Crippen MR) is 93.2 cm³/mol. The molecule has 23 heavy (non-hydrogen) atoms. The van der Waals surface area contributed by atoms with Crippen LogP contribution >= 0.6 is 12.4 Å². The molecule has 7 heteroatoms. The number of rotatable bonds is 5. The van der Waals surface area contributed by atoms with Crippen molar-refractivity contribution in [3.63, 3.8) is 0 Å². The molecule has 1 fully saturated rings. The summed E-state index contributed by atoms with van der Waals surface area (Å²) in [6, 6.07) is 6.69. The van der Waals surface area contributed by atoms with Crippen LogP contribution in [0, 0.1) is 11.8 Å². The van der Waals surface area contributed by atoms with Gasteiger partial charge in [-0.25, -0.2) is 8.42 Å². The van der Waals surface area contributed by atoms with E-state index >= 15 is 0 Å². The Hall–Kier alpha value is -1.11. The number of carbonyl (C=O) groups excluding carboxylic acids is 1. The maximum atomic E-state index is 12.5. The van der Waals surface area contributed by atoms with Gasteiger partial charge in [-0.05, 0) is 43.0 Å². The van der Waals surface area contributed by atoms with Gasteiger partial charge in [-0.2, -0.15) is 0 Å². The Balaban J connectivity index is 0.00000264. The molecular formula is C16H25ClN2O3S. The Morgan fingerprint density at radius 1 is 1.26 bits per heavy atom. The molecule has 0 bridgehead atoms. The summed E-state index contributed by atoms with van der Waals surface area (Å²) in [5.74, 6) is 0.466. The Kier molecular flexibility index (Phi) is 7.04. The zero-order valence-electron chi connectivity index (χ0n) is 13.6. The van der Waals surface area contributed by atoms with Gasteiger partial charge in [0.25, 0.3) is 0 Å². The number of benzene rings is 1. The minimum absolute atomic E-state index is 0. The van der Waals surface area contributed by atoms with Crippen molar-refractivity contribution in [2.45, 2.75) is 30.7 Å². The van der Waals surface area contributed by atoms with Gasteiger partial charge in [0.05, 0.1) is 4.90 Å². The third-order valence-corrected chi connectivity index (χ3v) is 5.55. The average molecular weight is 361 g/mol. The highest BCUT2D eigenvalue weighted by atomic mass is 35.5. The molecule has 0 unspecified atom stereocenters. The van der Waals surface area contributed by atoms with Gasteiger partial charge in [0.1, 0.15) is 0 Å². The third kappa shape index (κ3) is 4.93. The van der Waals surface area contributed by atoms with Crippen LogP contribution in [0.2, 0.25) is 0 Å². The molecule has 0 saturated heterocycles. The summed E-state index contributed by atoms with van der Waals surface area (Å²) < 4.78 is 22.9. The van der Waals surface area contributed by atoms with Crippen molar-refractivity contribution in [3.05, 3.63) is 29.8 Å². The quantitative estimate of drug-likeness (QED) is 0.868. The first-order valence-electron chi connectivity index (χ1n) is 7.57. The number of nitrogens with two attached hydrogens (primary N) is 1. The fourth-order valence-corrected chi connectivity index (χ4v) is 3.75. The summed E-state index contributed by atoms with van der Waals surface area (Å²) in [5, 5.41) is 0. The Bertz CT molecular complexity index is 631. The summed E-state index contributed by atoms with van der Waals surface area (Å²) in [6.45, 7) is 1.05. The van der Waals surface area contributed by atoms with E-state index in [4.69, 9.17) is 5.73 Å². The number of sulfone groups is 1.